The zero-order chi connectivity index (χ0) is 16.1. The fraction of sp³-hybridized carbons (Fsp3) is 0.375. The standard InChI is InChI=1S/C16H20FN3O2/c1-3-11(2)20-15(7-8-18-20)19-16(22)10-14(21)12-5-4-6-13(17)9-12/h4-9,11,14,21H,3,10H2,1-2H3,(H,19,22). The molecule has 6 heteroatoms. The molecule has 118 valence electrons. The Balaban J connectivity index is 2.00. The van der Waals surface area contributed by atoms with Crippen molar-refractivity contribution < 1.29 is 14.3 Å². The predicted octanol–water partition coefficient (Wildman–Crippen LogP) is 3.06. The van der Waals surface area contributed by atoms with Crippen LogP contribution < -0.4 is 5.32 Å². The lowest BCUT2D eigenvalue weighted by Gasteiger charge is -2.15. The number of nitrogens with zero attached hydrogens (tertiary/aromatic N) is 2. The van der Waals surface area contributed by atoms with Crippen molar-refractivity contribution in [2.24, 2.45) is 0 Å². The van der Waals surface area contributed by atoms with E-state index < -0.39 is 11.9 Å². The molecule has 0 aliphatic carbocycles. The molecular formula is C16H20FN3O2. The molecule has 1 aromatic carbocycles. The highest BCUT2D eigenvalue weighted by molar-refractivity contribution is 5.90. The number of carbonyl (C=O) groups excluding carboxylic acids is 1. The molecule has 0 bridgehead atoms. The molecule has 2 rings (SSSR count). The molecule has 0 fully saturated rings. The first-order valence-electron chi connectivity index (χ1n) is 7.28. The largest absolute Gasteiger partial charge is 0.388 e. The van der Waals surface area contributed by atoms with E-state index in [9.17, 15) is 14.3 Å². The van der Waals surface area contributed by atoms with Gasteiger partial charge in [-0.3, -0.25) is 4.79 Å². The smallest absolute Gasteiger partial charge is 0.228 e. The van der Waals surface area contributed by atoms with Gasteiger partial charge in [-0.15, -0.1) is 0 Å². The van der Waals surface area contributed by atoms with Gasteiger partial charge in [-0.2, -0.15) is 5.10 Å². The predicted molar refractivity (Wildman–Crippen MR) is 81.8 cm³/mol. The van der Waals surface area contributed by atoms with Crippen LogP contribution in [0.2, 0.25) is 0 Å². The zero-order valence-electron chi connectivity index (χ0n) is 12.7. The van der Waals surface area contributed by atoms with Gasteiger partial charge in [-0.25, -0.2) is 9.07 Å². The lowest BCUT2D eigenvalue weighted by atomic mass is 10.1. The molecule has 0 spiro atoms. The molecule has 0 saturated heterocycles. The number of benzene rings is 1. The van der Waals surface area contributed by atoms with Crippen LogP contribution in [0.4, 0.5) is 10.2 Å². The van der Waals surface area contributed by atoms with Gasteiger partial charge < -0.3 is 10.4 Å². The first-order chi connectivity index (χ1) is 10.5. The Morgan fingerprint density at radius 2 is 2.23 bits per heavy atom. The van der Waals surface area contributed by atoms with Crippen LogP contribution in [-0.2, 0) is 4.79 Å². The summed E-state index contributed by atoms with van der Waals surface area (Å²) in [5, 5.41) is 16.9. The van der Waals surface area contributed by atoms with Gasteiger partial charge in [0.05, 0.1) is 24.8 Å². The monoisotopic (exact) mass is 305 g/mol. The Morgan fingerprint density at radius 1 is 1.45 bits per heavy atom. The molecule has 0 radical (unpaired) electrons. The Bertz CT molecular complexity index is 642. The lowest BCUT2D eigenvalue weighted by molar-refractivity contribution is -0.118. The third-order valence-corrected chi connectivity index (χ3v) is 3.56. The molecule has 1 amide bonds. The van der Waals surface area contributed by atoms with Crippen LogP contribution in [-0.4, -0.2) is 20.8 Å². The summed E-state index contributed by atoms with van der Waals surface area (Å²) in [6, 6.07) is 7.48. The zero-order valence-corrected chi connectivity index (χ0v) is 12.7. The van der Waals surface area contributed by atoms with E-state index in [2.05, 4.69) is 10.4 Å². The van der Waals surface area contributed by atoms with Crippen molar-refractivity contribution in [3.05, 3.63) is 47.9 Å². The Hall–Kier alpha value is -2.21. The van der Waals surface area contributed by atoms with E-state index in [0.29, 0.717) is 11.4 Å². The Morgan fingerprint density at radius 3 is 2.91 bits per heavy atom. The van der Waals surface area contributed by atoms with Crippen molar-refractivity contribution in [1.82, 2.24) is 9.78 Å². The summed E-state index contributed by atoms with van der Waals surface area (Å²) in [6.45, 7) is 4.04. The van der Waals surface area contributed by atoms with Crippen LogP contribution in [0.15, 0.2) is 36.5 Å². The summed E-state index contributed by atoms with van der Waals surface area (Å²) in [7, 11) is 0. The van der Waals surface area contributed by atoms with Crippen molar-refractivity contribution in [2.75, 3.05) is 5.32 Å². The minimum absolute atomic E-state index is 0.144. The molecule has 2 unspecified atom stereocenters. The van der Waals surface area contributed by atoms with Crippen LogP contribution in [0.3, 0.4) is 0 Å². The van der Waals surface area contributed by atoms with Crippen molar-refractivity contribution in [3.8, 4) is 0 Å². The normalized spacial score (nSPS) is 13.6. The average Bonchev–Trinajstić information content (AvgIpc) is 2.94. The number of hydrogen-bond donors (Lipinski definition) is 2. The first-order valence-corrected chi connectivity index (χ1v) is 7.28. The van der Waals surface area contributed by atoms with Gasteiger partial charge in [0.2, 0.25) is 5.91 Å². The molecule has 0 aliphatic rings. The quantitative estimate of drug-likeness (QED) is 0.862. The van der Waals surface area contributed by atoms with Crippen LogP contribution in [0, 0.1) is 5.82 Å². The number of carbonyl (C=O) groups is 1. The maximum atomic E-state index is 13.1. The fourth-order valence-electron chi connectivity index (χ4n) is 2.14. The number of aliphatic hydroxyl groups excluding tert-OH is 1. The van der Waals surface area contributed by atoms with Crippen LogP contribution in [0.25, 0.3) is 0 Å². The fourth-order valence-corrected chi connectivity index (χ4v) is 2.14. The second-order valence-electron chi connectivity index (χ2n) is 5.24. The molecule has 2 atom stereocenters. The SMILES string of the molecule is CCC(C)n1nccc1NC(=O)CC(O)c1cccc(F)c1. The van der Waals surface area contributed by atoms with Crippen molar-refractivity contribution in [1.29, 1.82) is 0 Å². The van der Waals surface area contributed by atoms with Gasteiger partial charge in [-0.1, -0.05) is 19.1 Å². The van der Waals surface area contributed by atoms with E-state index >= 15 is 0 Å². The van der Waals surface area contributed by atoms with Gasteiger partial charge in [0, 0.05) is 6.07 Å². The van der Waals surface area contributed by atoms with E-state index in [1.54, 1.807) is 23.0 Å². The average molecular weight is 305 g/mol. The van der Waals surface area contributed by atoms with Gasteiger partial charge in [-0.05, 0) is 31.0 Å². The van der Waals surface area contributed by atoms with E-state index in [1.807, 2.05) is 13.8 Å². The summed E-state index contributed by atoms with van der Waals surface area (Å²) < 4.78 is 14.9. The summed E-state index contributed by atoms with van der Waals surface area (Å²) in [6.07, 6.45) is 1.31. The molecule has 1 heterocycles. The number of halogens is 1. The number of hydrogen-bond acceptors (Lipinski definition) is 3. The van der Waals surface area contributed by atoms with E-state index in [4.69, 9.17) is 0 Å². The first kappa shape index (κ1) is 16.2. The summed E-state index contributed by atoms with van der Waals surface area (Å²) in [4.78, 5) is 12.0. The topological polar surface area (TPSA) is 67.2 Å². The maximum absolute atomic E-state index is 13.1. The van der Waals surface area contributed by atoms with Crippen LogP contribution in [0.5, 0.6) is 0 Å². The molecule has 5 nitrogen and oxygen atoms in total. The number of nitrogens with one attached hydrogen (secondary N) is 1. The highest BCUT2D eigenvalue weighted by Crippen LogP contribution is 2.20. The molecule has 0 saturated carbocycles. The van der Waals surface area contributed by atoms with Gasteiger partial charge in [0.25, 0.3) is 0 Å². The van der Waals surface area contributed by atoms with Crippen molar-refractivity contribution >= 4 is 11.7 Å². The third-order valence-electron chi connectivity index (χ3n) is 3.56. The molecule has 0 aliphatic heterocycles. The van der Waals surface area contributed by atoms with E-state index in [0.717, 1.165) is 6.42 Å². The summed E-state index contributed by atoms with van der Waals surface area (Å²) in [5.41, 5.74) is 0.380. The van der Waals surface area contributed by atoms with Gasteiger partial charge in [0.15, 0.2) is 0 Å². The highest BCUT2D eigenvalue weighted by atomic mass is 19.1. The number of aliphatic hydroxyl groups is 1. The van der Waals surface area contributed by atoms with E-state index in [1.165, 1.54) is 18.2 Å². The number of rotatable bonds is 6. The summed E-state index contributed by atoms with van der Waals surface area (Å²) in [5.74, 6) is -0.195. The second kappa shape index (κ2) is 7.17. The van der Waals surface area contributed by atoms with Crippen LogP contribution >= 0.6 is 0 Å². The minimum Gasteiger partial charge on any atom is -0.388 e. The molecule has 2 aromatic rings. The third kappa shape index (κ3) is 3.92. The number of anilines is 1. The molecule has 2 N–H and O–H groups in total. The Labute approximate surface area is 128 Å². The maximum Gasteiger partial charge on any atom is 0.228 e. The van der Waals surface area contributed by atoms with Crippen LogP contribution in [0.1, 0.15) is 44.4 Å². The Kier molecular flexibility index (Phi) is 5.27. The van der Waals surface area contributed by atoms with Gasteiger partial charge in [0.1, 0.15) is 11.6 Å². The summed E-state index contributed by atoms with van der Waals surface area (Å²) >= 11 is 0. The molecule has 1 aromatic heterocycles. The van der Waals surface area contributed by atoms with Gasteiger partial charge >= 0.3 is 0 Å². The lowest BCUT2D eigenvalue weighted by Crippen LogP contribution is -2.19. The molecule has 22 heavy (non-hydrogen) atoms. The van der Waals surface area contributed by atoms with Crippen molar-refractivity contribution in [3.63, 3.8) is 0 Å². The molecular weight excluding hydrogens is 285 g/mol. The highest BCUT2D eigenvalue weighted by Gasteiger charge is 2.16. The second-order valence-corrected chi connectivity index (χ2v) is 5.24. The number of aromatic nitrogens is 2. The van der Waals surface area contributed by atoms with E-state index in [-0.39, 0.29) is 18.4 Å². The van der Waals surface area contributed by atoms with Crippen molar-refractivity contribution in [2.45, 2.75) is 38.8 Å². The number of amides is 1. The minimum atomic E-state index is -1.05.